The Morgan fingerprint density at radius 2 is 2.11 bits per heavy atom. The highest BCUT2D eigenvalue weighted by Crippen LogP contribution is 2.58. The number of amides is 1. The Morgan fingerprint density at radius 1 is 1.40 bits per heavy atom. The molecule has 1 amide bonds. The predicted molar refractivity (Wildman–Crippen MR) is 121 cm³/mol. The van der Waals surface area contributed by atoms with Gasteiger partial charge in [-0.25, -0.2) is 14.4 Å². The van der Waals surface area contributed by atoms with Crippen molar-refractivity contribution in [2.45, 2.75) is 57.2 Å². The Bertz CT molecular complexity index is 1100. The molecule has 2 aliphatic rings. The molecule has 196 valence electrons. The maximum atomic E-state index is 13.3. The largest absolute Gasteiger partial charge is 0.461 e. The number of esters is 1. The minimum absolute atomic E-state index is 0.0477. The molecule has 6 atom stereocenters. The van der Waals surface area contributed by atoms with Crippen molar-refractivity contribution in [1.82, 2.24) is 14.9 Å². The summed E-state index contributed by atoms with van der Waals surface area (Å²) >= 11 is 0. The minimum Gasteiger partial charge on any atom is -0.461 e. The number of nitrogens with two attached hydrogens (primary N) is 1. The van der Waals surface area contributed by atoms with Crippen LogP contribution in [0.2, 0.25) is 0 Å². The first kappa shape index (κ1) is 27.1. The van der Waals surface area contributed by atoms with Gasteiger partial charge in [-0.3, -0.25) is 18.9 Å². The van der Waals surface area contributed by atoms with E-state index in [-0.39, 0.29) is 25.8 Å². The number of carbonyl (C=O) groups is 2. The Hall–Kier alpha value is -2.51. The molecular formula is C20H31N4O10P. The van der Waals surface area contributed by atoms with E-state index in [4.69, 9.17) is 24.3 Å². The van der Waals surface area contributed by atoms with E-state index in [1.165, 1.54) is 16.8 Å². The van der Waals surface area contributed by atoms with Crippen molar-refractivity contribution >= 4 is 19.7 Å². The van der Waals surface area contributed by atoms with Gasteiger partial charge in [0.1, 0.15) is 6.04 Å². The van der Waals surface area contributed by atoms with Crippen LogP contribution in [0.25, 0.3) is 0 Å². The Balaban J connectivity index is 1.67. The summed E-state index contributed by atoms with van der Waals surface area (Å²) in [5, 5.41) is 2.36. The highest BCUT2D eigenvalue weighted by atomic mass is 31.2. The van der Waals surface area contributed by atoms with Crippen LogP contribution in [0.15, 0.2) is 21.9 Å². The second-order valence-electron chi connectivity index (χ2n) is 8.90. The predicted octanol–water partition coefficient (Wildman–Crippen LogP) is 0.0738. The quantitative estimate of drug-likeness (QED) is 0.312. The van der Waals surface area contributed by atoms with Crippen LogP contribution in [0.5, 0.6) is 0 Å². The monoisotopic (exact) mass is 518 g/mol. The lowest BCUT2D eigenvalue weighted by atomic mass is 9.85. The van der Waals surface area contributed by atoms with Crippen LogP contribution in [0.1, 0.15) is 33.4 Å². The van der Waals surface area contributed by atoms with Gasteiger partial charge in [0.2, 0.25) is 0 Å². The first-order valence-electron chi connectivity index (χ1n) is 11.0. The van der Waals surface area contributed by atoms with E-state index < -0.39 is 66.8 Å². The Morgan fingerprint density at radius 3 is 2.74 bits per heavy atom. The molecule has 2 fully saturated rings. The second-order valence-corrected chi connectivity index (χ2v) is 11.0. The fraction of sp³-hybridized carbons (Fsp3) is 0.700. The van der Waals surface area contributed by atoms with Gasteiger partial charge < -0.3 is 34.3 Å². The molecule has 14 nitrogen and oxygen atoms in total. The normalized spacial score (nSPS) is 31.0. The van der Waals surface area contributed by atoms with E-state index in [2.05, 4.69) is 15.0 Å². The highest BCUT2D eigenvalue weighted by molar-refractivity contribution is 7.53. The molecule has 3 heterocycles. The van der Waals surface area contributed by atoms with E-state index in [0.29, 0.717) is 0 Å². The maximum absolute atomic E-state index is 13.3. The van der Waals surface area contributed by atoms with Crippen molar-refractivity contribution in [1.29, 1.82) is 0 Å². The number of rotatable bonds is 8. The van der Waals surface area contributed by atoms with Gasteiger partial charge in [0, 0.05) is 24.6 Å². The number of H-pyrrole nitrogens is 1. The van der Waals surface area contributed by atoms with Crippen molar-refractivity contribution in [2.24, 2.45) is 11.7 Å². The van der Waals surface area contributed by atoms with E-state index in [1.54, 1.807) is 20.8 Å². The van der Waals surface area contributed by atoms with Crippen LogP contribution in [0.3, 0.4) is 0 Å². The number of ether oxygens (including phenoxy) is 3. The smallest absolute Gasteiger partial charge is 0.407 e. The number of carbonyl (C=O) groups excluding carboxylic acids is 2. The van der Waals surface area contributed by atoms with Gasteiger partial charge in [0.05, 0.1) is 44.2 Å². The summed E-state index contributed by atoms with van der Waals surface area (Å²) in [4.78, 5) is 49.7. The highest BCUT2D eigenvalue weighted by Gasteiger charge is 2.57. The van der Waals surface area contributed by atoms with Crippen molar-refractivity contribution in [3.8, 4) is 0 Å². The molecule has 15 heteroatoms. The van der Waals surface area contributed by atoms with Crippen LogP contribution >= 0.6 is 7.60 Å². The van der Waals surface area contributed by atoms with Crippen molar-refractivity contribution in [3.63, 3.8) is 0 Å². The summed E-state index contributed by atoms with van der Waals surface area (Å²) in [6.45, 7) is 4.70. The summed E-state index contributed by atoms with van der Waals surface area (Å²) in [6, 6.07) is 0.0937. The number of methoxy groups -OCH3 is 1. The number of aromatic nitrogens is 2. The molecule has 35 heavy (non-hydrogen) atoms. The molecule has 0 aromatic carbocycles. The van der Waals surface area contributed by atoms with Gasteiger partial charge in [-0.1, -0.05) is 0 Å². The summed E-state index contributed by atoms with van der Waals surface area (Å²) in [5.74, 6) is -1.19. The summed E-state index contributed by atoms with van der Waals surface area (Å²) in [7, 11) is -2.50. The van der Waals surface area contributed by atoms with Crippen LogP contribution in [-0.2, 0) is 32.6 Å². The zero-order valence-electron chi connectivity index (χ0n) is 19.9. The van der Waals surface area contributed by atoms with Crippen LogP contribution in [0, 0.1) is 5.92 Å². The molecule has 0 spiro atoms. The lowest BCUT2D eigenvalue weighted by molar-refractivity contribution is -0.150. The zero-order chi connectivity index (χ0) is 26.0. The number of alkyl carbamates (subject to hydrolysis) is 1. The molecule has 0 radical (unpaired) electrons. The third-order valence-corrected chi connectivity index (χ3v) is 7.81. The van der Waals surface area contributed by atoms with Crippen LogP contribution in [-0.4, -0.2) is 71.9 Å². The van der Waals surface area contributed by atoms with Gasteiger partial charge >= 0.3 is 25.3 Å². The lowest BCUT2D eigenvalue weighted by Crippen LogP contribution is -2.52. The molecule has 1 unspecified atom stereocenters. The third-order valence-electron chi connectivity index (χ3n) is 5.85. The number of hydrogen-bond acceptors (Lipinski definition) is 11. The van der Waals surface area contributed by atoms with Gasteiger partial charge in [0.15, 0.2) is 6.23 Å². The summed E-state index contributed by atoms with van der Waals surface area (Å²) in [5.41, 5.74) is 4.15. The zero-order valence-corrected chi connectivity index (χ0v) is 20.8. The molecule has 2 aliphatic heterocycles. The summed E-state index contributed by atoms with van der Waals surface area (Å²) < 4.78 is 41.2. The van der Waals surface area contributed by atoms with E-state index >= 15 is 0 Å². The van der Waals surface area contributed by atoms with Gasteiger partial charge in [-0.2, -0.15) is 0 Å². The molecule has 4 N–H and O–H groups in total. The number of fused-ring (bicyclic) bond motifs is 1. The fourth-order valence-corrected chi connectivity index (χ4v) is 6.24. The topological polar surface area (TPSA) is 190 Å². The molecule has 0 bridgehead atoms. The molecule has 0 saturated carbocycles. The van der Waals surface area contributed by atoms with Gasteiger partial charge in [0.25, 0.3) is 5.56 Å². The van der Waals surface area contributed by atoms with Crippen LogP contribution < -0.4 is 22.3 Å². The average Bonchev–Trinajstić information content (AvgIpc) is 3.02. The lowest BCUT2D eigenvalue weighted by Gasteiger charge is -2.36. The molecule has 2 saturated heterocycles. The van der Waals surface area contributed by atoms with Crippen molar-refractivity contribution in [2.75, 3.05) is 26.5 Å². The first-order valence-corrected chi connectivity index (χ1v) is 12.8. The number of nitrogens with one attached hydrogen (secondary N) is 2. The maximum Gasteiger partial charge on any atom is 0.407 e. The van der Waals surface area contributed by atoms with Gasteiger partial charge in [-0.05, 0) is 20.8 Å². The average molecular weight is 518 g/mol. The Labute approximate surface area is 200 Å². The molecule has 1 aromatic heterocycles. The SMILES string of the molecule is COC(=O)N[C@@H](CCOP1(=O)C[C@@H]2[C@@H](CO1)O[C@@H](n1ccc(=O)[nH]c1=O)[C@]2(C)N)C(=O)OC(C)C. The molecule has 1 aromatic rings. The van der Waals surface area contributed by atoms with E-state index in [1.807, 2.05) is 0 Å². The van der Waals surface area contributed by atoms with Crippen molar-refractivity contribution in [3.05, 3.63) is 33.1 Å². The van der Waals surface area contributed by atoms with E-state index in [9.17, 15) is 23.7 Å². The van der Waals surface area contributed by atoms with Crippen LogP contribution in [0.4, 0.5) is 4.79 Å². The van der Waals surface area contributed by atoms with E-state index in [0.717, 1.165) is 7.11 Å². The van der Waals surface area contributed by atoms with Gasteiger partial charge in [-0.15, -0.1) is 0 Å². The minimum atomic E-state index is -3.66. The molecular weight excluding hydrogens is 487 g/mol. The third kappa shape index (κ3) is 6.19. The number of nitrogens with zero attached hydrogens (tertiary/aromatic N) is 1. The Kier molecular flexibility index (Phi) is 8.22. The molecule has 3 rings (SSSR count). The first-order chi connectivity index (χ1) is 16.4. The standard InChI is InChI=1S/C20H31N4O10P/c1-11(2)33-16(26)13(22-19(28)30-4)6-8-31-35(29)10-12-14(9-32-35)34-17(20(12,3)21)24-7-5-15(25)23-18(24)27/h5,7,11-14,17H,6,8-10,21H2,1-4H3,(H,22,28)(H,23,25,27)/t12-,13+,14-,17-,20-,35?/m1/s1. The fourth-order valence-electron chi connectivity index (χ4n) is 4.08. The summed E-state index contributed by atoms with van der Waals surface area (Å²) in [6.07, 6.45) is -1.58. The number of aromatic amines is 1. The number of hydrogen-bond donors (Lipinski definition) is 3. The molecule has 0 aliphatic carbocycles. The van der Waals surface area contributed by atoms with Crippen molar-refractivity contribution < 1.29 is 37.4 Å². The second kappa shape index (κ2) is 10.6.